The topological polar surface area (TPSA) is 57.3 Å². The molecule has 1 aliphatic rings. The molecule has 1 aromatic heterocycles. The van der Waals surface area contributed by atoms with Gasteiger partial charge in [0.25, 0.3) is 0 Å². The Bertz CT molecular complexity index is 455. The second kappa shape index (κ2) is 8.34. The first-order valence-electron chi connectivity index (χ1n) is 7.82. The second-order valence-corrected chi connectivity index (χ2v) is 7.01. The maximum absolute atomic E-state index is 11.7. The van der Waals surface area contributed by atoms with Gasteiger partial charge in [-0.3, -0.25) is 0 Å². The number of aryl methyl sites for hydroxylation is 2. The van der Waals surface area contributed by atoms with Crippen LogP contribution in [-0.4, -0.2) is 42.1 Å². The lowest BCUT2D eigenvalue weighted by Crippen LogP contribution is -2.37. The number of carbonyl (C=O) groups is 1. The van der Waals surface area contributed by atoms with Crippen molar-refractivity contribution in [3.05, 3.63) is 15.6 Å². The Labute approximate surface area is 131 Å². The molecule has 0 atom stereocenters. The number of aromatic nitrogens is 1. The molecule has 2 amide bonds. The SMILES string of the molecule is Cc1nc(CNC(=O)NCCCN2CCCCC2)c(C)s1. The molecule has 0 saturated carbocycles. The predicted molar refractivity (Wildman–Crippen MR) is 86.7 cm³/mol. The van der Waals surface area contributed by atoms with Gasteiger partial charge in [-0.1, -0.05) is 6.42 Å². The van der Waals surface area contributed by atoms with Crippen LogP contribution in [0.3, 0.4) is 0 Å². The minimum Gasteiger partial charge on any atom is -0.338 e. The van der Waals surface area contributed by atoms with Crippen molar-refractivity contribution in [2.75, 3.05) is 26.2 Å². The first-order valence-corrected chi connectivity index (χ1v) is 8.64. The quantitative estimate of drug-likeness (QED) is 0.794. The van der Waals surface area contributed by atoms with Crippen LogP contribution in [0.5, 0.6) is 0 Å². The lowest BCUT2D eigenvalue weighted by atomic mass is 10.1. The van der Waals surface area contributed by atoms with Crippen LogP contribution in [0.25, 0.3) is 0 Å². The molecule has 2 N–H and O–H groups in total. The number of hydrogen-bond acceptors (Lipinski definition) is 4. The Kier molecular flexibility index (Phi) is 6.45. The van der Waals surface area contributed by atoms with E-state index in [1.165, 1.54) is 37.2 Å². The van der Waals surface area contributed by atoms with Crippen LogP contribution in [0.1, 0.15) is 41.3 Å². The Morgan fingerprint density at radius 2 is 2.00 bits per heavy atom. The summed E-state index contributed by atoms with van der Waals surface area (Å²) in [4.78, 5) is 19.8. The van der Waals surface area contributed by atoms with Crippen molar-refractivity contribution in [2.24, 2.45) is 0 Å². The lowest BCUT2D eigenvalue weighted by molar-refractivity contribution is 0.222. The van der Waals surface area contributed by atoms with Crippen molar-refractivity contribution in [3.8, 4) is 0 Å². The fourth-order valence-corrected chi connectivity index (χ4v) is 3.48. The zero-order valence-corrected chi connectivity index (χ0v) is 13.9. The largest absolute Gasteiger partial charge is 0.338 e. The van der Waals surface area contributed by atoms with Gasteiger partial charge in [0.05, 0.1) is 17.2 Å². The molecular formula is C15H26N4OS. The van der Waals surface area contributed by atoms with E-state index in [0.717, 1.165) is 30.2 Å². The normalized spacial score (nSPS) is 15.9. The summed E-state index contributed by atoms with van der Waals surface area (Å²) in [7, 11) is 0. The van der Waals surface area contributed by atoms with Gasteiger partial charge in [0.15, 0.2) is 0 Å². The van der Waals surface area contributed by atoms with Crippen molar-refractivity contribution in [1.82, 2.24) is 20.5 Å². The Balaban J connectivity index is 1.56. The molecule has 21 heavy (non-hydrogen) atoms. The van der Waals surface area contributed by atoms with Gasteiger partial charge in [0, 0.05) is 11.4 Å². The third kappa shape index (κ3) is 5.63. The van der Waals surface area contributed by atoms with E-state index in [0.29, 0.717) is 6.54 Å². The molecule has 2 rings (SSSR count). The Hall–Kier alpha value is -1.14. The smallest absolute Gasteiger partial charge is 0.315 e. The average Bonchev–Trinajstić information content (AvgIpc) is 2.80. The molecule has 0 aliphatic carbocycles. The molecule has 0 aromatic carbocycles. The Morgan fingerprint density at radius 1 is 1.24 bits per heavy atom. The van der Waals surface area contributed by atoms with Crippen molar-refractivity contribution < 1.29 is 4.79 Å². The van der Waals surface area contributed by atoms with E-state index in [4.69, 9.17) is 0 Å². The number of carbonyl (C=O) groups excluding carboxylic acids is 1. The van der Waals surface area contributed by atoms with Crippen LogP contribution in [0, 0.1) is 13.8 Å². The summed E-state index contributed by atoms with van der Waals surface area (Å²) in [5, 5.41) is 6.84. The third-order valence-corrected chi connectivity index (χ3v) is 4.73. The van der Waals surface area contributed by atoms with E-state index in [2.05, 4.69) is 20.5 Å². The predicted octanol–water partition coefficient (Wildman–Crippen LogP) is 2.44. The summed E-state index contributed by atoms with van der Waals surface area (Å²) in [6, 6.07) is -0.0984. The first kappa shape index (κ1) is 16.2. The third-order valence-electron chi connectivity index (χ3n) is 3.80. The molecule has 118 valence electrons. The highest BCUT2D eigenvalue weighted by Gasteiger charge is 2.10. The number of urea groups is 1. The molecule has 6 heteroatoms. The molecule has 0 spiro atoms. The van der Waals surface area contributed by atoms with E-state index in [-0.39, 0.29) is 6.03 Å². The molecule has 5 nitrogen and oxygen atoms in total. The number of nitrogens with zero attached hydrogens (tertiary/aromatic N) is 2. The van der Waals surface area contributed by atoms with Gasteiger partial charge in [0.2, 0.25) is 0 Å². The van der Waals surface area contributed by atoms with Crippen LogP contribution in [0.2, 0.25) is 0 Å². The summed E-state index contributed by atoms with van der Waals surface area (Å²) in [6.45, 7) is 8.79. The molecule has 1 aromatic rings. The van der Waals surface area contributed by atoms with Gasteiger partial charge in [-0.15, -0.1) is 11.3 Å². The number of rotatable bonds is 6. The fraction of sp³-hybridized carbons (Fsp3) is 0.733. The number of thiazole rings is 1. The molecule has 1 saturated heterocycles. The lowest BCUT2D eigenvalue weighted by Gasteiger charge is -2.26. The number of likely N-dealkylation sites (tertiary alicyclic amines) is 1. The van der Waals surface area contributed by atoms with Gasteiger partial charge >= 0.3 is 6.03 Å². The molecule has 0 unspecified atom stereocenters. The van der Waals surface area contributed by atoms with E-state index in [1.54, 1.807) is 11.3 Å². The van der Waals surface area contributed by atoms with Crippen molar-refractivity contribution in [2.45, 2.75) is 46.1 Å². The minimum absolute atomic E-state index is 0.0984. The van der Waals surface area contributed by atoms with Crippen molar-refractivity contribution >= 4 is 17.4 Å². The van der Waals surface area contributed by atoms with E-state index in [9.17, 15) is 4.79 Å². The van der Waals surface area contributed by atoms with Gasteiger partial charge < -0.3 is 15.5 Å². The van der Waals surface area contributed by atoms with E-state index >= 15 is 0 Å². The van der Waals surface area contributed by atoms with Crippen LogP contribution in [-0.2, 0) is 6.54 Å². The monoisotopic (exact) mass is 310 g/mol. The van der Waals surface area contributed by atoms with Gasteiger partial charge in [-0.2, -0.15) is 0 Å². The van der Waals surface area contributed by atoms with Crippen LogP contribution in [0.4, 0.5) is 4.79 Å². The highest BCUT2D eigenvalue weighted by atomic mass is 32.1. The summed E-state index contributed by atoms with van der Waals surface area (Å²) in [6.07, 6.45) is 5.02. The van der Waals surface area contributed by atoms with Crippen LogP contribution < -0.4 is 10.6 Å². The maximum atomic E-state index is 11.7. The van der Waals surface area contributed by atoms with Gasteiger partial charge in [0.1, 0.15) is 0 Å². The molecule has 1 aliphatic heterocycles. The minimum atomic E-state index is -0.0984. The van der Waals surface area contributed by atoms with Crippen LogP contribution in [0.15, 0.2) is 0 Å². The zero-order valence-electron chi connectivity index (χ0n) is 13.1. The second-order valence-electron chi connectivity index (χ2n) is 5.60. The van der Waals surface area contributed by atoms with Gasteiger partial charge in [-0.25, -0.2) is 9.78 Å². The molecule has 0 bridgehead atoms. The number of amides is 2. The highest BCUT2D eigenvalue weighted by Crippen LogP contribution is 2.15. The summed E-state index contributed by atoms with van der Waals surface area (Å²) in [5.74, 6) is 0. The van der Waals surface area contributed by atoms with Crippen molar-refractivity contribution in [3.63, 3.8) is 0 Å². The zero-order chi connectivity index (χ0) is 15.1. The van der Waals surface area contributed by atoms with Crippen molar-refractivity contribution in [1.29, 1.82) is 0 Å². The van der Waals surface area contributed by atoms with E-state index < -0.39 is 0 Å². The molecule has 1 fully saturated rings. The molecule has 0 radical (unpaired) electrons. The summed E-state index contributed by atoms with van der Waals surface area (Å²) < 4.78 is 0. The standard InChI is InChI=1S/C15H26N4OS/c1-12-14(18-13(2)21-12)11-17-15(20)16-7-6-10-19-8-4-3-5-9-19/h3-11H2,1-2H3,(H2,16,17,20). The summed E-state index contributed by atoms with van der Waals surface area (Å²) in [5.41, 5.74) is 0.973. The van der Waals surface area contributed by atoms with E-state index in [1.807, 2.05) is 13.8 Å². The summed E-state index contributed by atoms with van der Waals surface area (Å²) >= 11 is 1.67. The highest BCUT2D eigenvalue weighted by molar-refractivity contribution is 7.11. The molecule has 2 heterocycles. The number of nitrogens with one attached hydrogen (secondary N) is 2. The Morgan fingerprint density at radius 3 is 2.67 bits per heavy atom. The average molecular weight is 310 g/mol. The molecular weight excluding hydrogens is 284 g/mol. The maximum Gasteiger partial charge on any atom is 0.315 e. The first-order chi connectivity index (χ1) is 10.1. The van der Waals surface area contributed by atoms with Crippen LogP contribution >= 0.6 is 11.3 Å². The number of piperidine rings is 1. The fourth-order valence-electron chi connectivity index (χ4n) is 2.65. The van der Waals surface area contributed by atoms with Gasteiger partial charge in [-0.05, 0) is 52.7 Å². The number of hydrogen-bond donors (Lipinski definition) is 2.